The summed E-state index contributed by atoms with van der Waals surface area (Å²) < 4.78 is 0.829. The van der Waals surface area contributed by atoms with Crippen LogP contribution in [0.4, 0.5) is 5.13 Å². The largest absolute Gasteiger partial charge is 0.300 e. The van der Waals surface area contributed by atoms with Gasteiger partial charge in [0, 0.05) is 5.75 Å². The van der Waals surface area contributed by atoms with Gasteiger partial charge in [-0.25, -0.2) is 0 Å². The molecule has 0 unspecified atom stereocenters. The van der Waals surface area contributed by atoms with Gasteiger partial charge in [0.15, 0.2) is 4.34 Å². The minimum Gasteiger partial charge on any atom is -0.300 e. The number of benzene rings is 1. The van der Waals surface area contributed by atoms with Gasteiger partial charge in [-0.1, -0.05) is 59.0 Å². The number of anilines is 1. The van der Waals surface area contributed by atoms with Crippen molar-refractivity contribution >= 4 is 34.1 Å². The number of aromatic nitrogens is 2. The average Bonchev–Trinajstić information content (AvgIpc) is 2.86. The smallest absolute Gasteiger partial charge is 0.230 e. The van der Waals surface area contributed by atoms with Gasteiger partial charge < -0.3 is 5.32 Å². The van der Waals surface area contributed by atoms with Crippen molar-refractivity contribution in [2.24, 2.45) is 0 Å². The molecule has 2 rings (SSSR count). The summed E-state index contributed by atoms with van der Waals surface area (Å²) in [5.74, 6) is 0.705. The minimum absolute atomic E-state index is 0.0785. The van der Waals surface area contributed by atoms with Crippen LogP contribution in [0.1, 0.15) is 11.1 Å². The van der Waals surface area contributed by atoms with Crippen LogP contribution in [0, 0.1) is 6.92 Å². The Kier molecular flexibility index (Phi) is 5.31. The summed E-state index contributed by atoms with van der Waals surface area (Å²) in [7, 11) is 0. The van der Waals surface area contributed by atoms with Crippen LogP contribution in [-0.2, 0) is 11.2 Å². The van der Waals surface area contributed by atoms with E-state index in [1.54, 1.807) is 11.8 Å². The number of carbonyl (C=O) groups excluding carboxylic acids is 1. The SMILES string of the molecule is C=CCSc1nnc(NC(=O)Cc2ccc(C)cc2)s1. The summed E-state index contributed by atoms with van der Waals surface area (Å²) in [6.45, 7) is 5.67. The second kappa shape index (κ2) is 7.21. The summed E-state index contributed by atoms with van der Waals surface area (Å²) in [6.07, 6.45) is 2.15. The Morgan fingerprint density at radius 3 is 2.85 bits per heavy atom. The fourth-order valence-electron chi connectivity index (χ4n) is 1.50. The summed E-state index contributed by atoms with van der Waals surface area (Å²) in [4.78, 5) is 11.9. The monoisotopic (exact) mass is 305 g/mol. The molecule has 2 aromatic rings. The lowest BCUT2D eigenvalue weighted by molar-refractivity contribution is -0.115. The molecule has 20 heavy (non-hydrogen) atoms. The quantitative estimate of drug-likeness (QED) is 0.505. The molecule has 0 spiro atoms. The number of hydrogen-bond acceptors (Lipinski definition) is 5. The molecular formula is C14H15N3OS2. The van der Waals surface area contributed by atoms with E-state index in [0.717, 1.165) is 15.7 Å². The van der Waals surface area contributed by atoms with Crippen molar-refractivity contribution in [3.8, 4) is 0 Å². The summed E-state index contributed by atoms with van der Waals surface area (Å²) in [5, 5.41) is 11.2. The number of carbonyl (C=O) groups is 1. The maximum Gasteiger partial charge on any atom is 0.230 e. The standard InChI is InChI=1S/C14H15N3OS2/c1-3-8-19-14-17-16-13(20-14)15-12(18)9-11-6-4-10(2)5-7-11/h3-7H,1,8-9H2,2H3,(H,15,16,18). The summed E-state index contributed by atoms with van der Waals surface area (Å²) in [5.41, 5.74) is 2.17. The van der Waals surface area contributed by atoms with E-state index < -0.39 is 0 Å². The molecule has 4 nitrogen and oxygen atoms in total. The van der Waals surface area contributed by atoms with Gasteiger partial charge in [0.2, 0.25) is 11.0 Å². The molecule has 104 valence electrons. The predicted octanol–water partition coefficient (Wildman–Crippen LogP) is 3.31. The molecule has 0 fully saturated rings. The van der Waals surface area contributed by atoms with Gasteiger partial charge in [-0.15, -0.1) is 16.8 Å². The van der Waals surface area contributed by atoms with Crippen molar-refractivity contribution in [3.05, 3.63) is 48.0 Å². The van der Waals surface area contributed by atoms with Crippen LogP contribution in [0.2, 0.25) is 0 Å². The van der Waals surface area contributed by atoms with Crippen LogP contribution in [0.25, 0.3) is 0 Å². The van der Waals surface area contributed by atoms with Crippen molar-refractivity contribution in [3.63, 3.8) is 0 Å². The van der Waals surface area contributed by atoms with Gasteiger partial charge >= 0.3 is 0 Å². The highest BCUT2D eigenvalue weighted by molar-refractivity contribution is 8.01. The Labute approximate surface area is 126 Å². The van der Waals surface area contributed by atoms with Crippen LogP contribution in [0.3, 0.4) is 0 Å². The normalized spacial score (nSPS) is 10.2. The third-order valence-electron chi connectivity index (χ3n) is 2.46. The zero-order valence-electron chi connectivity index (χ0n) is 11.1. The lowest BCUT2D eigenvalue weighted by atomic mass is 10.1. The first-order valence-corrected chi connectivity index (χ1v) is 7.90. The predicted molar refractivity (Wildman–Crippen MR) is 84.3 cm³/mol. The van der Waals surface area contributed by atoms with Crippen LogP contribution in [-0.4, -0.2) is 21.9 Å². The molecule has 1 aromatic heterocycles. The van der Waals surface area contributed by atoms with Gasteiger partial charge in [0.05, 0.1) is 6.42 Å². The van der Waals surface area contributed by atoms with Gasteiger partial charge in [-0.3, -0.25) is 4.79 Å². The van der Waals surface area contributed by atoms with E-state index in [1.165, 1.54) is 16.9 Å². The lowest BCUT2D eigenvalue weighted by Crippen LogP contribution is -2.14. The number of rotatable bonds is 6. The zero-order valence-corrected chi connectivity index (χ0v) is 12.8. The molecule has 0 radical (unpaired) electrons. The molecule has 0 saturated carbocycles. The van der Waals surface area contributed by atoms with E-state index in [0.29, 0.717) is 11.6 Å². The molecule has 0 saturated heterocycles. The number of thioether (sulfide) groups is 1. The van der Waals surface area contributed by atoms with Gasteiger partial charge in [-0.2, -0.15) is 0 Å². The molecule has 1 amide bonds. The van der Waals surface area contributed by atoms with Crippen molar-refractivity contribution in [1.82, 2.24) is 10.2 Å². The third kappa shape index (κ3) is 4.47. The van der Waals surface area contributed by atoms with Crippen molar-refractivity contribution < 1.29 is 4.79 Å². The number of nitrogens with zero attached hydrogens (tertiary/aromatic N) is 2. The topological polar surface area (TPSA) is 54.9 Å². The van der Waals surface area contributed by atoms with E-state index in [1.807, 2.05) is 37.3 Å². The van der Waals surface area contributed by atoms with E-state index in [-0.39, 0.29) is 5.91 Å². The Morgan fingerprint density at radius 1 is 1.40 bits per heavy atom. The highest BCUT2D eigenvalue weighted by Gasteiger charge is 2.08. The Hall–Kier alpha value is -1.66. The first kappa shape index (κ1) is 14.7. The van der Waals surface area contributed by atoms with Crippen LogP contribution in [0.15, 0.2) is 41.3 Å². The highest BCUT2D eigenvalue weighted by atomic mass is 32.2. The zero-order chi connectivity index (χ0) is 14.4. The fourth-order valence-corrected chi connectivity index (χ4v) is 3.03. The first-order chi connectivity index (χ1) is 9.67. The number of amides is 1. The van der Waals surface area contributed by atoms with Crippen molar-refractivity contribution in [2.45, 2.75) is 17.7 Å². The molecule has 6 heteroatoms. The molecule has 0 aliphatic heterocycles. The van der Waals surface area contributed by atoms with E-state index in [2.05, 4.69) is 22.1 Å². The highest BCUT2D eigenvalue weighted by Crippen LogP contribution is 2.25. The van der Waals surface area contributed by atoms with Crippen LogP contribution >= 0.6 is 23.1 Å². The summed E-state index contributed by atoms with van der Waals surface area (Å²) in [6, 6.07) is 7.91. The third-order valence-corrected chi connectivity index (χ3v) is 4.43. The average molecular weight is 305 g/mol. The van der Waals surface area contributed by atoms with E-state index in [9.17, 15) is 4.79 Å². The number of nitrogens with one attached hydrogen (secondary N) is 1. The Balaban J connectivity index is 1.89. The molecule has 1 N–H and O–H groups in total. The summed E-state index contributed by atoms with van der Waals surface area (Å²) >= 11 is 2.92. The van der Waals surface area contributed by atoms with Gasteiger partial charge in [0.1, 0.15) is 0 Å². The molecular weight excluding hydrogens is 290 g/mol. The molecule has 0 bridgehead atoms. The van der Waals surface area contributed by atoms with Crippen molar-refractivity contribution in [2.75, 3.05) is 11.1 Å². The van der Waals surface area contributed by atoms with E-state index >= 15 is 0 Å². The molecule has 0 atom stereocenters. The van der Waals surface area contributed by atoms with Crippen LogP contribution < -0.4 is 5.32 Å². The van der Waals surface area contributed by atoms with Crippen LogP contribution in [0.5, 0.6) is 0 Å². The number of aryl methyl sites for hydroxylation is 1. The van der Waals surface area contributed by atoms with E-state index in [4.69, 9.17) is 0 Å². The maximum atomic E-state index is 11.9. The van der Waals surface area contributed by atoms with Crippen molar-refractivity contribution in [1.29, 1.82) is 0 Å². The minimum atomic E-state index is -0.0785. The molecule has 0 aliphatic rings. The van der Waals surface area contributed by atoms with Gasteiger partial charge in [0.25, 0.3) is 0 Å². The molecule has 1 heterocycles. The molecule has 0 aliphatic carbocycles. The fraction of sp³-hybridized carbons (Fsp3) is 0.214. The second-order valence-electron chi connectivity index (χ2n) is 4.18. The van der Waals surface area contributed by atoms with Gasteiger partial charge in [-0.05, 0) is 12.5 Å². The first-order valence-electron chi connectivity index (χ1n) is 6.10. The lowest BCUT2D eigenvalue weighted by Gasteiger charge is -2.01. The maximum absolute atomic E-state index is 11.9. The second-order valence-corrected chi connectivity index (χ2v) is 6.43. The Morgan fingerprint density at radius 2 is 2.15 bits per heavy atom. The molecule has 1 aromatic carbocycles. The number of hydrogen-bond donors (Lipinski definition) is 1. The Bertz CT molecular complexity index is 593.